The number of aryl methyl sites for hydroxylation is 1. The quantitative estimate of drug-likeness (QED) is 0.512. The number of thiophene rings is 1. The Morgan fingerprint density at radius 3 is 2.22 bits per heavy atom. The van der Waals surface area contributed by atoms with Crippen LogP contribution in [0.15, 0.2) is 70.9 Å². The number of hydrogen-bond acceptors (Lipinski definition) is 6. The first-order chi connectivity index (χ1) is 17.2. The van der Waals surface area contributed by atoms with Crippen LogP contribution < -0.4 is 5.32 Å². The van der Waals surface area contributed by atoms with Crippen molar-refractivity contribution in [2.24, 2.45) is 0 Å². The van der Waals surface area contributed by atoms with Gasteiger partial charge in [-0.25, -0.2) is 8.42 Å². The fourth-order valence-electron chi connectivity index (χ4n) is 3.89. The third-order valence-corrected chi connectivity index (χ3v) is 8.82. The zero-order chi connectivity index (χ0) is 25.9. The smallest absolute Gasteiger partial charge is 0.262 e. The van der Waals surface area contributed by atoms with Crippen molar-refractivity contribution in [1.29, 1.82) is 0 Å². The van der Waals surface area contributed by atoms with Crippen molar-refractivity contribution in [2.45, 2.75) is 17.2 Å². The summed E-state index contributed by atoms with van der Waals surface area (Å²) in [6.07, 6.45) is 0. The molecule has 3 amide bonds. The Hall–Kier alpha value is -3.21. The number of amides is 3. The zero-order valence-corrected chi connectivity index (χ0v) is 21.8. The molecule has 2 aromatic carbocycles. The zero-order valence-electron chi connectivity index (χ0n) is 19.4. The highest BCUT2D eigenvalue weighted by atomic mass is 35.5. The van der Waals surface area contributed by atoms with Gasteiger partial charge >= 0.3 is 0 Å². The Kier molecular flexibility index (Phi) is 7.77. The number of hydrogen-bond donors (Lipinski definition) is 1. The highest BCUT2D eigenvalue weighted by Crippen LogP contribution is 2.21. The lowest BCUT2D eigenvalue weighted by Gasteiger charge is -2.36. The molecule has 1 unspecified atom stereocenters. The monoisotopic (exact) mass is 545 g/mol. The number of sulfone groups is 1. The first-order valence-corrected chi connectivity index (χ1v) is 14.0. The van der Waals surface area contributed by atoms with E-state index in [0.29, 0.717) is 10.6 Å². The maximum atomic E-state index is 13.5. The average molecular weight is 546 g/mol. The minimum atomic E-state index is -4.29. The lowest BCUT2D eigenvalue weighted by Crippen LogP contribution is -2.57. The molecule has 1 fully saturated rings. The van der Waals surface area contributed by atoms with Crippen molar-refractivity contribution >= 4 is 50.5 Å². The van der Waals surface area contributed by atoms with Gasteiger partial charge in [0.2, 0.25) is 15.2 Å². The van der Waals surface area contributed by atoms with Gasteiger partial charge in [-0.1, -0.05) is 35.4 Å². The molecule has 4 rings (SSSR count). The molecular weight excluding hydrogens is 522 g/mol. The minimum absolute atomic E-state index is 0.134. The van der Waals surface area contributed by atoms with Gasteiger partial charge in [0.25, 0.3) is 17.7 Å². The molecule has 8 nitrogen and oxygen atoms in total. The highest BCUT2D eigenvalue weighted by Gasteiger charge is 2.39. The Morgan fingerprint density at radius 1 is 0.944 bits per heavy atom. The van der Waals surface area contributed by atoms with E-state index in [1.165, 1.54) is 29.2 Å². The summed E-state index contributed by atoms with van der Waals surface area (Å²) in [4.78, 5) is 42.3. The molecule has 0 aliphatic carbocycles. The van der Waals surface area contributed by atoms with E-state index in [4.69, 9.17) is 11.6 Å². The van der Waals surface area contributed by atoms with E-state index in [0.717, 1.165) is 16.9 Å². The molecule has 188 valence electrons. The number of benzene rings is 2. The lowest BCUT2D eigenvalue weighted by molar-refractivity contribution is -0.132. The molecule has 1 atom stereocenters. The average Bonchev–Trinajstić information content (AvgIpc) is 3.42. The van der Waals surface area contributed by atoms with Crippen LogP contribution in [-0.2, 0) is 14.6 Å². The predicted molar refractivity (Wildman–Crippen MR) is 138 cm³/mol. The second-order valence-corrected chi connectivity index (χ2v) is 11.7. The number of halogens is 1. The van der Waals surface area contributed by atoms with E-state index in [2.05, 4.69) is 5.32 Å². The van der Waals surface area contributed by atoms with Crippen LogP contribution in [0.1, 0.15) is 25.6 Å². The van der Waals surface area contributed by atoms with E-state index >= 15 is 0 Å². The highest BCUT2D eigenvalue weighted by molar-refractivity contribution is 7.92. The molecule has 1 saturated heterocycles. The van der Waals surface area contributed by atoms with Crippen molar-refractivity contribution in [3.8, 4) is 0 Å². The molecule has 1 aliphatic rings. The van der Waals surface area contributed by atoms with E-state index in [1.807, 2.05) is 19.1 Å². The summed E-state index contributed by atoms with van der Waals surface area (Å²) >= 11 is 7.04. The summed E-state index contributed by atoms with van der Waals surface area (Å²) in [6.45, 7) is 2.66. The first-order valence-electron chi connectivity index (χ1n) is 11.2. The number of carbonyl (C=O) groups excluding carboxylic acids is 3. The number of nitrogens with zero attached hydrogens (tertiary/aromatic N) is 2. The molecule has 0 radical (unpaired) electrons. The summed E-state index contributed by atoms with van der Waals surface area (Å²) in [5, 5.41) is 2.61. The summed E-state index contributed by atoms with van der Waals surface area (Å²) < 4.78 is 26.9. The fraction of sp³-hybridized carbons (Fsp3) is 0.240. The van der Waals surface area contributed by atoms with E-state index in [1.54, 1.807) is 34.5 Å². The number of piperazine rings is 1. The van der Waals surface area contributed by atoms with Crippen molar-refractivity contribution < 1.29 is 22.8 Å². The predicted octanol–water partition coefficient (Wildman–Crippen LogP) is 3.22. The summed E-state index contributed by atoms with van der Waals surface area (Å²) in [5.74, 6) is -1.56. The molecule has 36 heavy (non-hydrogen) atoms. The van der Waals surface area contributed by atoms with Gasteiger partial charge in [-0.2, -0.15) is 0 Å². The van der Waals surface area contributed by atoms with Gasteiger partial charge in [0.1, 0.15) is 0 Å². The van der Waals surface area contributed by atoms with Gasteiger partial charge in [0.05, 0.1) is 9.77 Å². The van der Waals surface area contributed by atoms with Crippen LogP contribution in [-0.4, -0.2) is 67.5 Å². The van der Waals surface area contributed by atoms with Gasteiger partial charge < -0.3 is 15.1 Å². The van der Waals surface area contributed by atoms with E-state index < -0.39 is 27.0 Å². The van der Waals surface area contributed by atoms with Crippen LogP contribution in [0.3, 0.4) is 0 Å². The third-order valence-electron chi connectivity index (χ3n) is 5.83. The maximum Gasteiger partial charge on any atom is 0.262 e. The standard InChI is InChI=1S/C25H24ClN3O5S2/c1-17-4-2-5-18(16-17)24(31)28-11-13-29(14-12-28)25(32)23(27-22(30)21-6-3-15-35-21)36(33,34)20-9-7-19(26)8-10-20/h2-10,15-16,23H,11-14H2,1H3,(H,27,30). The molecule has 0 spiro atoms. The van der Waals surface area contributed by atoms with Crippen LogP contribution in [0.4, 0.5) is 0 Å². The van der Waals surface area contributed by atoms with Crippen LogP contribution in [0.2, 0.25) is 5.02 Å². The molecule has 0 saturated carbocycles. The molecule has 1 N–H and O–H groups in total. The van der Waals surface area contributed by atoms with Crippen LogP contribution in [0, 0.1) is 6.92 Å². The second-order valence-electron chi connectivity index (χ2n) is 8.32. The first kappa shape index (κ1) is 25.9. The molecule has 3 aromatic rings. The number of carbonyl (C=O) groups is 3. The molecular formula is C25H24ClN3O5S2. The Morgan fingerprint density at radius 2 is 1.61 bits per heavy atom. The van der Waals surface area contributed by atoms with Crippen LogP contribution >= 0.6 is 22.9 Å². The maximum absolute atomic E-state index is 13.5. The van der Waals surface area contributed by atoms with Gasteiger partial charge in [-0.05, 0) is 54.8 Å². The number of rotatable bonds is 6. The lowest BCUT2D eigenvalue weighted by atomic mass is 10.1. The van der Waals surface area contributed by atoms with Crippen molar-refractivity contribution in [3.63, 3.8) is 0 Å². The van der Waals surface area contributed by atoms with Gasteiger partial charge in [0, 0.05) is 36.8 Å². The SMILES string of the molecule is Cc1cccc(C(=O)N2CCN(C(=O)C(NC(=O)c3cccs3)S(=O)(=O)c3ccc(Cl)cc3)CC2)c1. The summed E-state index contributed by atoms with van der Waals surface area (Å²) in [5.41, 5.74) is 1.52. The number of nitrogens with one attached hydrogen (secondary N) is 1. The molecule has 11 heteroatoms. The second kappa shape index (κ2) is 10.8. The third kappa shape index (κ3) is 5.61. The van der Waals surface area contributed by atoms with Gasteiger partial charge in [-0.15, -0.1) is 11.3 Å². The van der Waals surface area contributed by atoms with Crippen molar-refractivity contribution in [1.82, 2.24) is 15.1 Å². The van der Waals surface area contributed by atoms with Gasteiger partial charge in [-0.3, -0.25) is 14.4 Å². The molecule has 2 heterocycles. The van der Waals surface area contributed by atoms with Crippen molar-refractivity contribution in [3.05, 3.63) is 87.1 Å². The summed E-state index contributed by atoms with van der Waals surface area (Å²) in [7, 11) is -4.29. The Labute approximate surface area is 218 Å². The Bertz CT molecular complexity index is 1370. The summed E-state index contributed by atoms with van der Waals surface area (Å²) in [6, 6.07) is 15.9. The normalized spacial score (nSPS) is 14.8. The van der Waals surface area contributed by atoms with Crippen LogP contribution in [0.5, 0.6) is 0 Å². The van der Waals surface area contributed by atoms with E-state index in [-0.39, 0.29) is 41.9 Å². The molecule has 1 aliphatic heterocycles. The van der Waals surface area contributed by atoms with E-state index in [9.17, 15) is 22.8 Å². The minimum Gasteiger partial charge on any atom is -0.336 e. The van der Waals surface area contributed by atoms with Crippen molar-refractivity contribution in [2.75, 3.05) is 26.2 Å². The molecule has 0 bridgehead atoms. The Balaban J connectivity index is 1.53. The fourth-order valence-corrected chi connectivity index (χ4v) is 6.10. The molecule has 1 aromatic heterocycles. The van der Waals surface area contributed by atoms with Gasteiger partial charge in [0.15, 0.2) is 0 Å². The van der Waals surface area contributed by atoms with Crippen LogP contribution in [0.25, 0.3) is 0 Å². The topological polar surface area (TPSA) is 104 Å². The largest absolute Gasteiger partial charge is 0.336 e.